The van der Waals surface area contributed by atoms with E-state index in [1.54, 1.807) is 13.0 Å². The highest BCUT2D eigenvalue weighted by molar-refractivity contribution is 5.82. The molecule has 0 aromatic rings. The third kappa shape index (κ3) is 3.01. The molecular weight excluding hydrogens is 186 g/mol. The molecule has 1 aliphatic rings. The Labute approximate surface area is 81.2 Å². The average Bonchev–Trinajstić information content (AvgIpc) is 2.20. The summed E-state index contributed by atoms with van der Waals surface area (Å²) in [6.07, 6.45) is 4.39. The van der Waals surface area contributed by atoms with Crippen molar-refractivity contribution in [3.05, 3.63) is 33.9 Å². The number of nitrogens with zero attached hydrogens (tertiary/aromatic N) is 1. The topological polar surface area (TPSA) is 69.4 Å². The van der Waals surface area contributed by atoms with Gasteiger partial charge in [0.15, 0.2) is 0 Å². The molecule has 76 valence electrons. The number of carbonyl (C=O) groups excluding carboxylic acids is 1. The quantitative estimate of drug-likeness (QED) is 0.273. The van der Waals surface area contributed by atoms with Crippen LogP contribution in [0.4, 0.5) is 0 Å². The van der Waals surface area contributed by atoms with Crippen LogP contribution in [0.2, 0.25) is 0 Å². The molecule has 14 heavy (non-hydrogen) atoms. The molecule has 5 heteroatoms. The van der Waals surface area contributed by atoms with Gasteiger partial charge < -0.3 is 4.74 Å². The lowest BCUT2D eigenvalue weighted by Crippen LogP contribution is -2.15. The van der Waals surface area contributed by atoms with Crippen LogP contribution in [0, 0.1) is 10.1 Å². The summed E-state index contributed by atoms with van der Waals surface area (Å²) in [6.45, 7) is 1.98. The molecule has 0 fully saturated rings. The molecule has 0 N–H and O–H groups in total. The molecule has 0 aromatic carbocycles. The Morgan fingerprint density at radius 3 is 3.00 bits per heavy atom. The smallest absolute Gasteiger partial charge is 0.331 e. The lowest BCUT2D eigenvalue weighted by atomic mass is 10.1. The first-order chi connectivity index (χ1) is 6.59. The molecule has 0 bridgehead atoms. The summed E-state index contributed by atoms with van der Waals surface area (Å²) in [6, 6.07) is -0.837. The second-order valence-electron chi connectivity index (χ2n) is 3.11. The highest BCUT2D eigenvalue weighted by Crippen LogP contribution is 2.07. The predicted octanol–water partition coefficient (Wildman–Crippen LogP) is 1.08. The Morgan fingerprint density at radius 2 is 2.36 bits per heavy atom. The van der Waals surface area contributed by atoms with Crippen molar-refractivity contribution in [1.29, 1.82) is 0 Å². The number of hydrogen-bond donors (Lipinski definition) is 0. The van der Waals surface area contributed by atoms with Gasteiger partial charge in [0.2, 0.25) is 6.04 Å². The van der Waals surface area contributed by atoms with Crippen molar-refractivity contribution in [1.82, 2.24) is 0 Å². The van der Waals surface area contributed by atoms with Gasteiger partial charge in [-0.2, -0.15) is 0 Å². The summed E-state index contributed by atoms with van der Waals surface area (Å²) in [7, 11) is 0. The monoisotopic (exact) mass is 197 g/mol. The van der Waals surface area contributed by atoms with Gasteiger partial charge in [-0.05, 0) is 18.6 Å². The normalized spacial score (nSPS) is 28.8. The molecule has 0 aromatic heterocycles. The predicted molar refractivity (Wildman–Crippen MR) is 49.3 cm³/mol. The number of nitro groups is 1. The fourth-order valence-corrected chi connectivity index (χ4v) is 1.04. The van der Waals surface area contributed by atoms with Gasteiger partial charge in [-0.3, -0.25) is 10.1 Å². The van der Waals surface area contributed by atoms with Gasteiger partial charge in [0, 0.05) is 17.4 Å². The van der Waals surface area contributed by atoms with Crippen molar-refractivity contribution < 1.29 is 14.5 Å². The Hall–Kier alpha value is -1.65. The van der Waals surface area contributed by atoms with Gasteiger partial charge >= 0.3 is 5.97 Å². The number of carbonyl (C=O) groups is 1. The first kappa shape index (κ1) is 10.4. The molecule has 1 atom stereocenters. The maximum atomic E-state index is 10.9. The highest BCUT2D eigenvalue weighted by Gasteiger charge is 2.16. The van der Waals surface area contributed by atoms with Crippen LogP contribution in [0.1, 0.15) is 13.3 Å². The second kappa shape index (κ2) is 4.55. The van der Waals surface area contributed by atoms with E-state index in [9.17, 15) is 14.9 Å². The average molecular weight is 197 g/mol. The van der Waals surface area contributed by atoms with Crippen LogP contribution in [0.15, 0.2) is 23.8 Å². The molecular formula is C9H11NO4. The van der Waals surface area contributed by atoms with E-state index in [1.165, 1.54) is 6.08 Å². The number of esters is 1. The summed E-state index contributed by atoms with van der Waals surface area (Å²) in [5, 5.41) is 10.5. The summed E-state index contributed by atoms with van der Waals surface area (Å²) in [5.74, 6) is -0.536. The standard InChI is InChI=1S/C9H11NO4/c1-7-2-3-8(10(12)13)4-5-9(11)14-6-7/h2,4-5,8H,3,6H2,1H3/b5-4+,7-2+. The van der Waals surface area contributed by atoms with Crippen LogP contribution in [0.25, 0.3) is 0 Å². The molecule has 1 unspecified atom stereocenters. The van der Waals surface area contributed by atoms with E-state index in [1.807, 2.05) is 0 Å². The van der Waals surface area contributed by atoms with Crippen molar-refractivity contribution in [3.8, 4) is 0 Å². The number of rotatable bonds is 1. The lowest BCUT2D eigenvalue weighted by molar-refractivity contribution is -0.508. The molecule has 0 amide bonds. The van der Waals surface area contributed by atoms with Gasteiger partial charge in [-0.15, -0.1) is 0 Å². The molecule has 1 heterocycles. The molecule has 1 rings (SSSR count). The lowest BCUT2D eigenvalue weighted by Gasteiger charge is -2.00. The van der Waals surface area contributed by atoms with Crippen LogP contribution >= 0.6 is 0 Å². The van der Waals surface area contributed by atoms with E-state index >= 15 is 0 Å². The van der Waals surface area contributed by atoms with E-state index in [0.29, 0.717) is 6.42 Å². The third-order valence-corrected chi connectivity index (χ3v) is 1.88. The maximum Gasteiger partial charge on any atom is 0.331 e. The maximum absolute atomic E-state index is 10.9. The fraction of sp³-hybridized carbons (Fsp3) is 0.444. The Bertz CT molecular complexity index is 304. The zero-order valence-corrected chi connectivity index (χ0v) is 7.80. The number of cyclic esters (lactones) is 1. The minimum Gasteiger partial charge on any atom is -0.458 e. The summed E-state index contributed by atoms with van der Waals surface area (Å²) < 4.78 is 4.79. The van der Waals surface area contributed by atoms with Crippen molar-refractivity contribution in [2.75, 3.05) is 6.61 Å². The SMILES string of the molecule is C/C1=C\CC([N+](=O)[O-])/C=C/C(=O)OC1. The van der Waals surface area contributed by atoms with Crippen molar-refractivity contribution in [2.24, 2.45) is 0 Å². The van der Waals surface area contributed by atoms with E-state index < -0.39 is 16.9 Å². The Balaban J connectivity index is 2.81. The summed E-state index contributed by atoms with van der Waals surface area (Å²) >= 11 is 0. The van der Waals surface area contributed by atoms with Crippen LogP contribution < -0.4 is 0 Å². The van der Waals surface area contributed by atoms with E-state index in [4.69, 9.17) is 4.74 Å². The number of ether oxygens (including phenoxy) is 1. The largest absolute Gasteiger partial charge is 0.458 e. The van der Waals surface area contributed by atoms with Gasteiger partial charge in [-0.1, -0.05) is 6.08 Å². The molecule has 0 spiro atoms. The van der Waals surface area contributed by atoms with Crippen LogP contribution in [-0.2, 0) is 9.53 Å². The third-order valence-electron chi connectivity index (χ3n) is 1.88. The molecule has 0 saturated carbocycles. The van der Waals surface area contributed by atoms with Crippen molar-refractivity contribution in [3.63, 3.8) is 0 Å². The van der Waals surface area contributed by atoms with Gasteiger partial charge in [0.25, 0.3) is 0 Å². The van der Waals surface area contributed by atoms with Crippen LogP contribution in [0.5, 0.6) is 0 Å². The molecule has 5 nitrogen and oxygen atoms in total. The number of hydrogen-bond acceptors (Lipinski definition) is 4. The molecule has 0 aliphatic carbocycles. The minimum absolute atomic E-state index is 0.202. The van der Waals surface area contributed by atoms with Crippen molar-refractivity contribution >= 4 is 5.97 Å². The van der Waals surface area contributed by atoms with Gasteiger partial charge in [0.05, 0.1) is 0 Å². The van der Waals surface area contributed by atoms with Crippen molar-refractivity contribution in [2.45, 2.75) is 19.4 Å². The van der Waals surface area contributed by atoms with E-state index in [0.717, 1.165) is 11.6 Å². The Morgan fingerprint density at radius 1 is 1.64 bits per heavy atom. The zero-order chi connectivity index (χ0) is 10.6. The zero-order valence-electron chi connectivity index (χ0n) is 7.80. The Kier molecular flexibility index (Phi) is 3.39. The van der Waals surface area contributed by atoms with E-state index in [2.05, 4.69) is 0 Å². The van der Waals surface area contributed by atoms with Crippen LogP contribution in [-0.4, -0.2) is 23.5 Å². The fourth-order valence-electron chi connectivity index (χ4n) is 1.04. The summed E-state index contributed by atoms with van der Waals surface area (Å²) in [5.41, 5.74) is 0.828. The molecule has 1 aliphatic heterocycles. The highest BCUT2D eigenvalue weighted by atomic mass is 16.6. The van der Waals surface area contributed by atoms with Crippen LogP contribution in [0.3, 0.4) is 0 Å². The minimum atomic E-state index is -0.837. The van der Waals surface area contributed by atoms with Gasteiger partial charge in [0.1, 0.15) is 6.61 Å². The first-order valence-corrected chi connectivity index (χ1v) is 4.23. The molecule has 0 saturated heterocycles. The second-order valence-corrected chi connectivity index (χ2v) is 3.11. The van der Waals surface area contributed by atoms with Gasteiger partial charge in [-0.25, -0.2) is 4.79 Å². The molecule has 0 radical (unpaired) electrons. The first-order valence-electron chi connectivity index (χ1n) is 4.23. The van der Waals surface area contributed by atoms with E-state index in [-0.39, 0.29) is 6.61 Å². The summed E-state index contributed by atoms with van der Waals surface area (Å²) in [4.78, 5) is 21.0.